The molecule has 2 aromatic rings. The predicted octanol–water partition coefficient (Wildman–Crippen LogP) is 1.41. The van der Waals surface area contributed by atoms with E-state index in [2.05, 4.69) is 20.2 Å². The van der Waals surface area contributed by atoms with Crippen molar-refractivity contribution in [1.82, 2.24) is 9.55 Å². The van der Waals surface area contributed by atoms with E-state index >= 15 is 0 Å². The van der Waals surface area contributed by atoms with Gasteiger partial charge >= 0.3 is 0 Å². The second kappa shape index (κ2) is 4.09. The fraction of sp³-hybridized carbons (Fsp3) is 0.167. The highest BCUT2D eigenvalue weighted by molar-refractivity contribution is 5.63. The molecule has 3 nitrogen and oxygen atoms in total. The largest absolute Gasteiger partial charge is 0.281 e. The van der Waals surface area contributed by atoms with Crippen LogP contribution in [0.15, 0.2) is 36.8 Å². The van der Waals surface area contributed by atoms with Crippen molar-refractivity contribution in [3.05, 3.63) is 48.3 Å². The number of pyridine rings is 1. The number of aryl methyl sites for hydroxylation is 2. The predicted molar refractivity (Wildman–Crippen MR) is 59.8 cm³/mol. The molecule has 2 rings (SSSR count). The lowest BCUT2D eigenvalue weighted by atomic mass is 10.3. The van der Waals surface area contributed by atoms with Crippen molar-refractivity contribution in [2.75, 3.05) is 0 Å². The maximum atomic E-state index is 4.23. The minimum Gasteiger partial charge on any atom is -0.257 e. The maximum Gasteiger partial charge on any atom is 0.281 e. The molecular formula is C12H14N3+. The van der Waals surface area contributed by atoms with Gasteiger partial charge in [-0.05, 0) is 18.2 Å². The minimum atomic E-state index is 0.971. The lowest BCUT2D eigenvalue weighted by Gasteiger charge is -1.91. The summed E-state index contributed by atoms with van der Waals surface area (Å²) in [5.74, 6) is 1.14. The first-order valence-electron chi connectivity index (χ1n) is 4.87. The Bertz CT molecular complexity index is 449. The van der Waals surface area contributed by atoms with Gasteiger partial charge in [0.15, 0.2) is 0 Å². The quantitative estimate of drug-likeness (QED) is 0.672. The van der Waals surface area contributed by atoms with Gasteiger partial charge in [-0.1, -0.05) is 6.07 Å². The third-order valence-electron chi connectivity index (χ3n) is 2.33. The second-order valence-electron chi connectivity index (χ2n) is 3.47. The van der Waals surface area contributed by atoms with Crippen molar-refractivity contribution < 1.29 is 4.57 Å². The average Bonchev–Trinajstić information content (AvgIpc) is 2.58. The van der Waals surface area contributed by atoms with Gasteiger partial charge in [0.2, 0.25) is 0 Å². The van der Waals surface area contributed by atoms with Crippen LogP contribution in [0.5, 0.6) is 0 Å². The van der Waals surface area contributed by atoms with Gasteiger partial charge in [-0.2, -0.15) is 0 Å². The molecule has 2 heterocycles. The van der Waals surface area contributed by atoms with Crippen LogP contribution < -0.4 is 4.57 Å². The van der Waals surface area contributed by atoms with Crippen LogP contribution in [-0.4, -0.2) is 9.55 Å². The molecule has 2 aromatic heterocycles. The van der Waals surface area contributed by atoms with Gasteiger partial charge in [0.1, 0.15) is 12.4 Å². The molecule has 15 heavy (non-hydrogen) atoms. The van der Waals surface area contributed by atoms with Crippen molar-refractivity contribution in [2.24, 2.45) is 14.1 Å². The summed E-state index contributed by atoms with van der Waals surface area (Å²) in [6, 6.07) is 5.89. The van der Waals surface area contributed by atoms with Crippen LogP contribution in [-0.2, 0) is 14.1 Å². The van der Waals surface area contributed by atoms with E-state index in [1.165, 1.54) is 0 Å². The third-order valence-corrected chi connectivity index (χ3v) is 2.33. The Morgan fingerprint density at radius 1 is 1.33 bits per heavy atom. The minimum absolute atomic E-state index is 0.971. The fourth-order valence-corrected chi connectivity index (χ4v) is 1.47. The monoisotopic (exact) mass is 200 g/mol. The topological polar surface area (TPSA) is 21.7 Å². The van der Waals surface area contributed by atoms with E-state index in [1.54, 1.807) is 6.20 Å². The van der Waals surface area contributed by atoms with Crippen LogP contribution in [0.1, 0.15) is 11.5 Å². The molecule has 0 bridgehead atoms. The standard InChI is InChI=1S/C12H14N3/c1-14-9-10-15(2)12(14)7-6-11-5-3-4-8-13-11/h3-10H,1-2H3/q+1. The van der Waals surface area contributed by atoms with Crippen LogP contribution in [0.3, 0.4) is 0 Å². The first-order chi connectivity index (χ1) is 7.27. The Morgan fingerprint density at radius 3 is 2.80 bits per heavy atom. The summed E-state index contributed by atoms with van der Waals surface area (Å²) in [7, 11) is 4.05. The van der Waals surface area contributed by atoms with Gasteiger partial charge in [-0.3, -0.25) is 4.98 Å². The summed E-state index contributed by atoms with van der Waals surface area (Å²) in [5, 5.41) is 0. The first kappa shape index (κ1) is 9.65. The SMILES string of the molecule is Cn1cc[n+](C)c1C=Cc1ccccn1. The van der Waals surface area contributed by atoms with Gasteiger partial charge in [0, 0.05) is 12.3 Å². The highest BCUT2D eigenvalue weighted by atomic mass is 15.1. The van der Waals surface area contributed by atoms with Crippen molar-refractivity contribution in [3.63, 3.8) is 0 Å². The zero-order valence-electron chi connectivity index (χ0n) is 8.96. The fourth-order valence-electron chi connectivity index (χ4n) is 1.47. The molecule has 0 aromatic carbocycles. The molecule has 0 atom stereocenters. The zero-order valence-corrected chi connectivity index (χ0v) is 8.96. The third kappa shape index (κ3) is 2.13. The number of rotatable bonds is 2. The highest BCUT2D eigenvalue weighted by Crippen LogP contribution is 2.01. The van der Waals surface area contributed by atoms with Crippen molar-refractivity contribution in [2.45, 2.75) is 0 Å². The zero-order chi connectivity index (χ0) is 10.7. The van der Waals surface area contributed by atoms with E-state index < -0.39 is 0 Å². The summed E-state index contributed by atoms with van der Waals surface area (Å²) in [6.07, 6.45) is 9.92. The van der Waals surface area contributed by atoms with E-state index in [1.807, 2.05) is 50.8 Å². The molecule has 0 amide bonds. The van der Waals surface area contributed by atoms with E-state index in [0.29, 0.717) is 0 Å². The molecule has 0 unspecified atom stereocenters. The summed E-state index contributed by atoms with van der Waals surface area (Å²) < 4.78 is 4.14. The summed E-state index contributed by atoms with van der Waals surface area (Å²) in [4.78, 5) is 4.23. The molecular weight excluding hydrogens is 186 g/mol. The van der Waals surface area contributed by atoms with E-state index in [0.717, 1.165) is 11.5 Å². The number of hydrogen-bond acceptors (Lipinski definition) is 1. The van der Waals surface area contributed by atoms with E-state index in [9.17, 15) is 0 Å². The Hall–Kier alpha value is -1.90. The molecule has 0 saturated carbocycles. The molecule has 0 radical (unpaired) electrons. The average molecular weight is 200 g/mol. The molecule has 3 heteroatoms. The number of imidazole rings is 1. The Balaban J connectivity index is 2.26. The Kier molecular flexibility index (Phi) is 2.63. The van der Waals surface area contributed by atoms with Gasteiger partial charge < -0.3 is 0 Å². The number of nitrogens with zero attached hydrogens (tertiary/aromatic N) is 3. The van der Waals surface area contributed by atoms with Gasteiger partial charge in [0.25, 0.3) is 5.82 Å². The summed E-state index contributed by atoms with van der Waals surface area (Å²) >= 11 is 0. The Labute approximate surface area is 89.3 Å². The van der Waals surface area contributed by atoms with Gasteiger partial charge in [-0.15, -0.1) is 0 Å². The smallest absolute Gasteiger partial charge is 0.257 e. The van der Waals surface area contributed by atoms with Crippen molar-refractivity contribution in [3.8, 4) is 0 Å². The van der Waals surface area contributed by atoms with Crippen LogP contribution in [0.2, 0.25) is 0 Å². The number of hydrogen-bond donors (Lipinski definition) is 0. The highest BCUT2D eigenvalue weighted by Gasteiger charge is 2.05. The maximum absolute atomic E-state index is 4.23. The summed E-state index contributed by atoms with van der Waals surface area (Å²) in [5.41, 5.74) is 0.971. The number of aromatic nitrogens is 3. The van der Waals surface area contributed by atoms with Crippen LogP contribution in [0.4, 0.5) is 0 Å². The lowest BCUT2D eigenvalue weighted by molar-refractivity contribution is -0.672. The second-order valence-corrected chi connectivity index (χ2v) is 3.47. The van der Waals surface area contributed by atoms with Crippen molar-refractivity contribution >= 4 is 12.2 Å². The normalized spacial score (nSPS) is 11.1. The molecule has 0 aliphatic carbocycles. The van der Waals surface area contributed by atoms with Crippen LogP contribution in [0, 0.1) is 0 Å². The molecule has 0 fully saturated rings. The molecule has 0 aliphatic rings. The van der Waals surface area contributed by atoms with E-state index in [-0.39, 0.29) is 0 Å². The molecule has 0 spiro atoms. The lowest BCUT2D eigenvalue weighted by Crippen LogP contribution is -2.29. The summed E-state index contributed by atoms with van der Waals surface area (Å²) in [6.45, 7) is 0. The molecule has 0 aliphatic heterocycles. The van der Waals surface area contributed by atoms with Gasteiger partial charge in [0.05, 0.1) is 19.8 Å². The molecule has 0 N–H and O–H groups in total. The Morgan fingerprint density at radius 2 is 2.20 bits per heavy atom. The van der Waals surface area contributed by atoms with Crippen molar-refractivity contribution in [1.29, 1.82) is 0 Å². The van der Waals surface area contributed by atoms with E-state index in [4.69, 9.17) is 0 Å². The van der Waals surface area contributed by atoms with Gasteiger partial charge in [-0.25, -0.2) is 9.13 Å². The first-order valence-corrected chi connectivity index (χ1v) is 4.87. The molecule has 0 saturated heterocycles. The molecule has 76 valence electrons. The van der Waals surface area contributed by atoms with Crippen LogP contribution >= 0.6 is 0 Å². The van der Waals surface area contributed by atoms with Crippen LogP contribution in [0.25, 0.3) is 12.2 Å².